The molecule has 0 aromatic heterocycles. The lowest BCUT2D eigenvalue weighted by Gasteiger charge is -2.47. The van der Waals surface area contributed by atoms with E-state index >= 15 is 0 Å². The van der Waals surface area contributed by atoms with Crippen molar-refractivity contribution in [2.45, 2.75) is 76.6 Å². The van der Waals surface area contributed by atoms with Gasteiger partial charge in [-0.05, 0) is 111 Å². The molecule has 0 amide bonds. The van der Waals surface area contributed by atoms with E-state index in [1.54, 1.807) is 14.2 Å². The molecule has 40 heavy (non-hydrogen) atoms. The van der Waals surface area contributed by atoms with Crippen molar-refractivity contribution in [1.82, 2.24) is 0 Å². The number of aryl methyl sites for hydroxylation is 1. The fourth-order valence-electron chi connectivity index (χ4n) is 7.79. The van der Waals surface area contributed by atoms with Crippen LogP contribution >= 0.6 is 0 Å². The maximum atomic E-state index is 6.24. The van der Waals surface area contributed by atoms with Gasteiger partial charge in [-0.2, -0.15) is 0 Å². The molecule has 1 saturated carbocycles. The Bertz CT molecular complexity index is 1290. The van der Waals surface area contributed by atoms with Crippen LogP contribution in [-0.2, 0) is 15.9 Å². The van der Waals surface area contributed by atoms with Gasteiger partial charge in [-0.25, -0.2) is 0 Å². The summed E-state index contributed by atoms with van der Waals surface area (Å²) in [5.74, 6) is 2.29. The lowest BCUT2D eigenvalue weighted by Crippen LogP contribution is -2.45. The molecule has 0 unspecified atom stereocenters. The van der Waals surface area contributed by atoms with Crippen LogP contribution < -0.4 is 9.64 Å². The van der Waals surface area contributed by atoms with E-state index in [0.29, 0.717) is 23.2 Å². The van der Waals surface area contributed by atoms with E-state index < -0.39 is 0 Å². The molecule has 1 heterocycles. The molecule has 1 spiro atoms. The molecule has 2 aliphatic carbocycles. The second-order valence-corrected chi connectivity index (χ2v) is 13.4. The van der Waals surface area contributed by atoms with E-state index in [1.807, 2.05) is 0 Å². The molecular weight excluding hydrogens is 494 g/mol. The summed E-state index contributed by atoms with van der Waals surface area (Å²) in [6.45, 7) is 8.61. The van der Waals surface area contributed by atoms with Gasteiger partial charge in [-0.15, -0.1) is 0 Å². The highest BCUT2D eigenvalue weighted by Gasteiger charge is 2.51. The van der Waals surface area contributed by atoms with Gasteiger partial charge in [0.25, 0.3) is 0 Å². The number of hydrogen-bond acceptors (Lipinski definition) is 4. The molecule has 2 fully saturated rings. The SMILES string of the molecule is COC(OC)C1CC2(CCN(c3ccc([C@@H]4c5ccc(OC(C)(C)C)cc5CC[C@@H]4c4ccccc4)cc3)C2)C1. The first kappa shape index (κ1) is 27.4. The molecule has 4 heteroatoms. The van der Waals surface area contributed by atoms with Crippen molar-refractivity contribution >= 4 is 5.69 Å². The molecule has 0 N–H and O–H groups in total. The number of benzene rings is 3. The molecule has 1 aliphatic heterocycles. The highest BCUT2D eigenvalue weighted by atomic mass is 16.7. The summed E-state index contributed by atoms with van der Waals surface area (Å²) in [4.78, 5) is 2.59. The molecule has 0 radical (unpaired) electrons. The van der Waals surface area contributed by atoms with Crippen molar-refractivity contribution in [3.63, 3.8) is 0 Å². The first-order chi connectivity index (χ1) is 19.3. The van der Waals surface area contributed by atoms with Gasteiger partial charge in [0.1, 0.15) is 11.4 Å². The van der Waals surface area contributed by atoms with Crippen LogP contribution in [0.1, 0.15) is 80.5 Å². The molecule has 3 aromatic carbocycles. The topological polar surface area (TPSA) is 30.9 Å². The Balaban J connectivity index is 1.24. The maximum Gasteiger partial charge on any atom is 0.159 e. The summed E-state index contributed by atoms with van der Waals surface area (Å²) in [5, 5.41) is 0. The molecule has 3 aliphatic rings. The summed E-state index contributed by atoms with van der Waals surface area (Å²) in [7, 11) is 3.51. The highest BCUT2D eigenvalue weighted by molar-refractivity contribution is 5.53. The smallest absolute Gasteiger partial charge is 0.159 e. The Hall–Kier alpha value is -2.82. The Morgan fingerprint density at radius 3 is 2.27 bits per heavy atom. The second kappa shape index (κ2) is 10.9. The number of hydrogen-bond donors (Lipinski definition) is 0. The third kappa shape index (κ3) is 5.41. The van der Waals surface area contributed by atoms with Gasteiger partial charge in [0.2, 0.25) is 0 Å². The highest BCUT2D eigenvalue weighted by Crippen LogP contribution is 2.54. The molecule has 6 rings (SSSR count). The zero-order valence-electron chi connectivity index (χ0n) is 24.9. The van der Waals surface area contributed by atoms with Crippen molar-refractivity contribution in [3.05, 3.63) is 95.1 Å². The van der Waals surface area contributed by atoms with Gasteiger partial charge in [0, 0.05) is 44.8 Å². The van der Waals surface area contributed by atoms with E-state index in [2.05, 4.69) is 98.5 Å². The molecule has 212 valence electrons. The first-order valence-electron chi connectivity index (χ1n) is 15.0. The normalized spacial score (nSPS) is 26.1. The average molecular weight is 540 g/mol. The molecule has 2 atom stereocenters. The van der Waals surface area contributed by atoms with Gasteiger partial charge in [-0.1, -0.05) is 48.5 Å². The van der Waals surface area contributed by atoms with Crippen LogP contribution in [-0.4, -0.2) is 39.2 Å². The van der Waals surface area contributed by atoms with Crippen LogP contribution in [0.4, 0.5) is 5.69 Å². The van der Waals surface area contributed by atoms with E-state index in [4.69, 9.17) is 14.2 Å². The minimum absolute atomic E-state index is 0.0639. The van der Waals surface area contributed by atoms with E-state index in [-0.39, 0.29) is 11.9 Å². The predicted molar refractivity (Wildman–Crippen MR) is 162 cm³/mol. The van der Waals surface area contributed by atoms with Crippen LogP contribution in [0.15, 0.2) is 72.8 Å². The van der Waals surface area contributed by atoms with Gasteiger partial charge in [0.05, 0.1) is 0 Å². The van der Waals surface area contributed by atoms with Crippen LogP contribution in [0.2, 0.25) is 0 Å². The minimum Gasteiger partial charge on any atom is -0.488 e. The molecule has 3 aromatic rings. The van der Waals surface area contributed by atoms with Crippen LogP contribution in [0.3, 0.4) is 0 Å². The van der Waals surface area contributed by atoms with E-state index in [9.17, 15) is 0 Å². The number of fused-ring (bicyclic) bond motifs is 1. The van der Waals surface area contributed by atoms with Gasteiger partial charge in [0.15, 0.2) is 6.29 Å². The third-order valence-electron chi connectivity index (χ3n) is 9.52. The summed E-state index contributed by atoms with van der Waals surface area (Å²) in [5.41, 5.74) is 7.28. The summed E-state index contributed by atoms with van der Waals surface area (Å²) in [6.07, 6.45) is 5.82. The number of rotatable bonds is 7. The van der Waals surface area contributed by atoms with Gasteiger partial charge in [-0.3, -0.25) is 0 Å². The van der Waals surface area contributed by atoms with Gasteiger partial charge < -0.3 is 19.1 Å². The molecule has 0 bridgehead atoms. The van der Waals surface area contributed by atoms with Crippen molar-refractivity contribution in [1.29, 1.82) is 0 Å². The molecule has 4 nitrogen and oxygen atoms in total. The zero-order valence-corrected chi connectivity index (χ0v) is 24.9. The quantitative estimate of drug-likeness (QED) is 0.285. The average Bonchev–Trinajstić information content (AvgIpc) is 3.38. The Labute approximate surface area is 240 Å². The standard InChI is InChI=1S/C36H45NO3/c1-35(2,3)40-30-16-18-32-27(21-30)13-17-31(25-9-7-6-8-10-25)33(32)26-11-14-29(15-12-26)37-20-19-36(24-37)22-28(23-36)34(38-4)39-5/h6-12,14-16,18,21,28,31,33-34H,13,17,19-20,22-24H2,1-5H3/t28?,31-,33+,36?/m1/s1. The zero-order chi connectivity index (χ0) is 27.9. The molecule has 1 saturated heterocycles. The van der Waals surface area contributed by atoms with Crippen molar-refractivity contribution in [3.8, 4) is 5.75 Å². The first-order valence-corrected chi connectivity index (χ1v) is 15.0. The Kier molecular flexibility index (Phi) is 7.43. The van der Waals surface area contributed by atoms with Crippen LogP contribution in [0.5, 0.6) is 5.75 Å². The van der Waals surface area contributed by atoms with Gasteiger partial charge >= 0.3 is 0 Å². The maximum absolute atomic E-state index is 6.24. The number of ether oxygens (including phenoxy) is 3. The monoisotopic (exact) mass is 539 g/mol. The van der Waals surface area contributed by atoms with Crippen molar-refractivity contribution < 1.29 is 14.2 Å². The lowest BCUT2D eigenvalue weighted by molar-refractivity contribution is -0.177. The lowest BCUT2D eigenvalue weighted by atomic mass is 9.61. The van der Waals surface area contributed by atoms with E-state index in [0.717, 1.165) is 31.7 Å². The summed E-state index contributed by atoms with van der Waals surface area (Å²) in [6, 6.07) is 27.4. The fourth-order valence-corrected chi connectivity index (χ4v) is 7.79. The molecular formula is C36H45NO3. The Morgan fingerprint density at radius 1 is 0.875 bits per heavy atom. The van der Waals surface area contributed by atoms with Crippen LogP contribution in [0, 0.1) is 11.3 Å². The number of methoxy groups -OCH3 is 2. The summed E-state index contributed by atoms with van der Waals surface area (Å²) >= 11 is 0. The van der Waals surface area contributed by atoms with E-state index in [1.165, 1.54) is 47.2 Å². The Morgan fingerprint density at radius 2 is 1.60 bits per heavy atom. The fraction of sp³-hybridized carbons (Fsp3) is 0.500. The predicted octanol–water partition coefficient (Wildman–Crippen LogP) is 7.95. The van der Waals surface area contributed by atoms with Crippen molar-refractivity contribution in [2.24, 2.45) is 11.3 Å². The minimum atomic E-state index is -0.200. The second-order valence-electron chi connectivity index (χ2n) is 13.4. The largest absolute Gasteiger partial charge is 0.488 e. The summed E-state index contributed by atoms with van der Waals surface area (Å²) < 4.78 is 17.3. The third-order valence-corrected chi connectivity index (χ3v) is 9.52. The van der Waals surface area contributed by atoms with Crippen LogP contribution in [0.25, 0.3) is 0 Å². The van der Waals surface area contributed by atoms with Crippen molar-refractivity contribution in [2.75, 3.05) is 32.2 Å². The number of anilines is 1. The number of nitrogens with zero attached hydrogens (tertiary/aromatic N) is 1.